The van der Waals surface area contributed by atoms with Gasteiger partial charge in [-0.05, 0) is 37.5 Å². The van der Waals surface area contributed by atoms with Crippen LogP contribution in [0.5, 0.6) is 0 Å². The first-order valence-corrected chi connectivity index (χ1v) is 7.23. The molecule has 18 heavy (non-hydrogen) atoms. The molecule has 3 unspecified atom stereocenters. The summed E-state index contributed by atoms with van der Waals surface area (Å²) in [5.41, 5.74) is 5.22. The average Bonchev–Trinajstić information content (AvgIpc) is 3.10. The van der Waals surface area contributed by atoms with Gasteiger partial charge in [-0.3, -0.25) is 4.79 Å². The van der Waals surface area contributed by atoms with Crippen molar-refractivity contribution in [1.29, 1.82) is 0 Å². The van der Waals surface area contributed by atoms with Crippen LogP contribution >= 0.6 is 0 Å². The predicted molar refractivity (Wildman–Crippen MR) is 70.9 cm³/mol. The number of hydrogen-bond acceptors (Lipinski definition) is 3. The first kappa shape index (κ1) is 13.8. The number of rotatable bonds is 5. The van der Waals surface area contributed by atoms with Gasteiger partial charge in [-0.2, -0.15) is 0 Å². The number of carbonyl (C=O) groups excluding carboxylic acids is 1. The lowest BCUT2D eigenvalue weighted by Crippen LogP contribution is -2.46. The minimum absolute atomic E-state index is 0.00456. The highest BCUT2D eigenvalue weighted by Crippen LogP contribution is 2.33. The first-order valence-electron chi connectivity index (χ1n) is 7.23. The Morgan fingerprint density at radius 3 is 2.83 bits per heavy atom. The van der Waals surface area contributed by atoms with Crippen LogP contribution in [0.4, 0.5) is 0 Å². The molecule has 2 saturated carbocycles. The molecule has 0 radical (unpaired) electrons. The van der Waals surface area contributed by atoms with Crippen molar-refractivity contribution in [3.63, 3.8) is 0 Å². The van der Waals surface area contributed by atoms with Gasteiger partial charge in [0.15, 0.2) is 0 Å². The van der Waals surface area contributed by atoms with Crippen molar-refractivity contribution in [2.24, 2.45) is 17.6 Å². The molecule has 0 aliphatic heterocycles. The molecular formula is C14H26N2O2. The molecule has 3 atom stereocenters. The predicted octanol–water partition coefficient (Wildman–Crippen LogP) is 1.17. The van der Waals surface area contributed by atoms with Gasteiger partial charge < -0.3 is 16.2 Å². The molecule has 104 valence electrons. The number of amides is 1. The Balaban J connectivity index is 1.70. The largest absolute Gasteiger partial charge is 0.388 e. The molecule has 0 heterocycles. The summed E-state index contributed by atoms with van der Waals surface area (Å²) in [5, 5.41) is 13.3. The van der Waals surface area contributed by atoms with Crippen molar-refractivity contribution in [3.05, 3.63) is 0 Å². The van der Waals surface area contributed by atoms with Gasteiger partial charge in [-0.15, -0.1) is 0 Å². The Labute approximate surface area is 109 Å². The third-order valence-electron chi connectivity index (χ3n) is 4.33. The van der Waals surface area contributed by atoms with E-state index < -0.39 is 5.60 Å². The Bertz CT molecular complexity index is 304. The van der Waals surface area contributed by atoms with Gasteiger partial charge in [0.05, 0.1) is 5.60 Å². The van der Waals surface area contributed by atoms with Crippen molar-refractivity contribution in [2.45, 2.75) is 63.5 Å². The highest BCUT2D eigenvalue weighted by atomic mass is 16.3. The lowest BCUT2D eigenvalue weighted by atomic mass is 9.79. The van der Waals surface area contributed by atoms with Gasteiger partial charge in [-0.25, -0.2) is 0 Å². The quantitative estimate of drug-likeness (QED) is 0.689. The van der Waals surface area contributed by atoms with Gasteiger partial charge in [0.2, 0.25) is 5.91 Å². The van der Waals surface area contributed by atoms with E-state index in [4.69, 9.17) is 5.73 Å². The van der Waals surface area contributed by atoms with E-state index >= 15 is 0 Å². The fraction of sp³-hybridized carbons (Fsp3) is 0.929. The summed E-state index contributed by atoms with van der Waals surface area (Å²) in [6.45, 7) is 2.54. The summed E-state index contributed by atoms with van der Waals surface area (Å²) in [6.07, 6.45) is 6.55. The van der Waals surface area contributed by atoms with E-state index in [1.807, 2.05) is 0 Å². The van der Waals surface area contributed by atoms with Crippen LogP contribution in [0.25, 0.3) is 0 Å². The zero-order chi connectivity index (χ0) is 13.2. The zero-order valence-corrected chi connectivity index (χ0v) is 11.3. The first-order chi connectivity index (χ1) is 8.48. The number of hydrogen-bond donors (Lipinski definition) is 3. The molecule has 4 nitrogen and oxygen atoms in total. The molecule has 0 aromatic carbocycles. The summed E-state index contributed by atoms with van der Waals surface area (Å²) in [4.78, 5) is 11.7. The van der Waals surface area contributed by atoms with Crippen molar-refractivity contribution in [3.8, 4) is 0 Å². The second kappa shape index (κ2) is 5.57. The topological polar surface area (TPSA) is 75.3 Å². The van der Waals surface area contributed by atoms with E-state index in [0.717, 1.165) is 32.1 Å². The van der Waals surface area contributed by atoms with E-state index in [2.05, 4.69) is 12.2 Å². The maximum atomic E-state index is 11.7. The zero-order valence-electron chi connectivity index (χ0n) is 11.3. The maximum absolute atomic E-state index is 11.7. The molecule has 0 spiro atoms. The second-order valence-electron chi connectivity index (χ2n) is 6.41. The number of carbonyl (C=O) groups is 1. The summed E-state index contributed by atoms with van der Waals surface area (Å²) >= 11 is 0. The molecule has 1 amide bonds. The highest BCUT2D eigenvalue weighted by molar-refractivity contribution is 5.76. The molecule has 2 rings (SSSR count). The molecule has 4 N–H and O–H groups in total. The number of aliphatic hydroxyl groups is 1. The van der Waals surface area contributed by atoms with Crippen molar-refractivity contribution >= 4 is 5.91 Å². The summed E-state index contributed by atoms with van der Waals surface area (Å²) in [7, 11) is 0. The molecule has 0 aromatic rings. The van der Waals surface area contributed by atoms with Gasteiger partial charge in [0.25, 0.3) is 0 Å². The standard InChI is InChI=1S/C14H26N2O2/c1-10-3-2-6-14(18,8-10)9-16-13(17)7-12(15)11-4-5-11/h10-12,18H,2-9,15H2,1H3,(H,16,17). The fourth-order valence-electron chi connectivity index (χ4n) is 3.03. The van der Waals surface area contributed by atoms with Crippen molar-refractivity contribution in [2.75, 3.05) is 6.54 Å². The van der Waals surface area contributed by atoms with Gasteiger partial charge in [-0.1, -0.05) is 19.8 Å². The van der Waals surface area contributed by atoms with Crippen LogP contribution in [0, 0.1) is 11.8 Å². The van der Waals surface area contributed by atoms with Crippen LogP contribution < -0.4 is 11.1 Å². The number of nitrogens with two attached hydrogens (primary N) is 1. The SMILES string of the molecule is CC1CCCC(O)(CNC(=O)CC(N)C2CC2)C1. The van der Waals surface area contributed by atoms with Crippen LogP contribution in [0.15, 0.2) is 0 Å². The second-order valence-corrected chi connectivity index (χ2v) is 6.41. The van der Waals surface area contributed by atoms with E-state index in [1.165, 1.54) is 6.42 Å². The van der Waals surface area contributed by atoms with Crippen LogP contribution in [-0.4, -0.2) is 29.2 Å². The van der Waals surface area contributed by atoms with E-state index in [1.54, 1.807) is 0 Å². The van der Waals surface area contributed by atoms with Crippen molar-refractivity contribution in [1.82, 2.24) is 5.32 Å². The van der Waals surface area contributed by atoms with E-state index in [9.17, 15) is 9.90 Å². The third-order valence-corrected chi connectivity index (χ3v) is 4.33. The van der Waals surface area contributed by atoms with Crippen LogP contribution in [-0.2, 0) is 4.79 Å². The molecule has 2 aliphatic rings. The van der Waals surface area contributed by atoms with Gasteiger partial charge in [0, 0.05) is 19.0 Å². The fourth-order valence-corrected chi connectivity index (χ4v) is 3.03. The lowest BCUT2D eigenvalue weighted by molar-refractivity contribution is -0.123. The number of nitrogens with one attached hydrogen (secondary N) is 1. The molecular weight excluding hydrogens is 228 g/mol. The Morgan fingerprint density at radius 2 is 2.22 bits per heavy atom. The third kappa shape index (κ3) is 3.95. The van der Waals surface area contributed by atoms with Gasteiger partial charge in [0.1, 0.15) is 0 Å². The van der Waals surface area contributed by atoms with Crippen LogP contribution in [0.1, 0.15) is 51.9 Å². The highest BCUT2D eigenvalue weighted by Gasteiger charge is 2.34. The van der Waals surface area contributed by atoms with E-state index in [0.29, 0.717) is 24.8 Å². The van der Waals surface area contributed by atoms with Crippen LogP contribution in [0.2, 0.25) is 0 Å². The molecule has 2 aliphatic carbocycles. The minimum Gasteiger partial charge on any atom is -0.388 e. The molecule has 2 fully saturated rings. The molecule has 0 saturated heterocycles. The summed E-state index contributed by atoms with van der Waals surface area (Å²) in [5.74, 6) is 1.09. The Morgan fingerprint density at radius 1 is 1.50 bits per heavy atom. The van der Waals surface area contributed by atoms with Gasteiger partial charge >= 0.3 is 0 Å². The summed E-state index contributed by atoms with van der Waals surface area (Å²) in [6, 6.07) is 0.00456. The van der Waals surface area contributed by atoms with Crippen molar-refractivity contribution < 1.29 is 9.90 Å². The maximum Gasteiger partial charge on any atom is 0.221 e. The average molecular weight is 254 g/mol. The van der Waals surface area contributed by atoms with E-state index in [-0.39, 0.29) is 11.9 Å². The van der Waals surface area contributed by atoms with Crippen LogP contribution in [0.3, 0.4) is 0 Å². The molecule has 0 bridgehead atoms. The minimum atomic E-state index is -0.697. The molecule has 0 aromatic heterocycles. The normalized spacial score (nSPS) is 34.1. The monoisotopic (exact) mass is 254 g/mol. The smallest absolute Gasteiger partial charge is 0.221 e. The molecule has 4 heteroatoms. The summed E-state index contributed by atoms with van der Waals surface area (Å²) < 4.78 is 0. The Kier molecular flexibility index (Phi) is 4.28. The lowest BCUT2D eigenvalue weighted by Gasteiger charge is -2.35. The Hall–Kier alpha value is -0.610.